The summed E-state index contributed by atoms with van der Waals surface area (Å²) in [6, 6.07) is 24.6. The van der Waals surface area contributed by atoms with E-state index in [1.807, 2.05) is 36.4 Å². The molecule has 0 saturated carbocycles. The van der Waals surface area contributed by atoms with Crippen molar-refractivity contribution < 1.29 is 28.5 Å². The molecule has 2 saturated heterocycles. The number of hydrogen-bond acceptors (Lipinski definition) is 6. The van der Waals surface area contributed by atoms with Crippen molar-refractivity contribution in [3.05, 3.63) is 101 Å². The van der Waals surface area contributed by atoms with Gasteiger partial charge < -0.3 is 28.7 Å². The van der Waals surface area contributed by atoms with Crippen LogP contribution in [0, 0.1) is 6.92 Å². The summed E-state index contributed by atoms with van der Waals surface area (Å²) in [4.78, 5) is 28.1. The van der Waals surface area contributed by atoms with Gasteiger partial charge in [-0.1, -0.05) is 80.1 Å². The molecule has 3 aromatic carbocycles. The summed E-state index contributed by atoms with van der Waals surface area (Å²) < 4.78 is 22.0. The Kier molecular flexibility index (Phi) is 8.49. The molecule has 2 fully saturated rings. The largest absolute Gasteiger partial charge is 0.490 e. The number of ether oxygens (including phenoxy) is 4. The number of hydrogen-bond donors (Lipinski definition) is 0. The van der Waals surface area contributed by atoms with Gasteiger partial charge >= 0.3 is 12.2 Å². The highest BCUT2D eigenvalue weighted by atomic mass is 16.6. The predicted molar refractivity (Wildman–Crippen MR) is 155 cm³/mol. The maximum absolute atomic E-state index is 12.6. The van der Waals surface area contributed by atoms with Crippen molar-refractivity contribution in [1.29, 1.82) is 0 Å². The molecule has 8 heteroatoms. The van der Waals surface area contributed by atoms with Crippen molar-refractivity contribution in [1.82, 2.24) is 9.80 Å². The van der Waals surface area contributed by atoms with Crippen LogP contribution in [0.1, 0.15) is 41.7 Å². The van der Waals surface area contributed by atoms with Crippen LogP contribution in [0.3, 0.4) is 0 Å². The van der Waals surface area contributed by atoms with E-state index in [4.69, 9.17) is 18.9 Å². The Bertz CT molecular complexity index is 1350. The van der Waals surface area contributed by atoms with Crippen LogP contribution < -0.4 is 4.74 Å². The van der Waals surface area contributed by atoms with Gasteiger partial charge in [0.1, 0.15) is 18.5 Å². The Morgan fingerprint density at radius 2 is 1.29 bits per heavy atom. The van der Waals surface area contributed by atoms with Gasteiger partial charge in [-0.3, -0.25) is 0 Å². The molecule has 2 aliphatic heterocycles. The van der Waals surface area contributed by atoms with E-state index < -0.39 is 0 Å². The first-order chi connectivity index (χ1) is 19.7. The minimum atomic E-state index is -0.357. The van der Waals surface area contributed by atoms with Crippen LogP contribution in [0.25, 0.3) is 0 Å². The predicted octanol–water partition coefficient (Wildman–Crippen LogP) is 5.69. The smallest absolute Gasteiger partial charge is 0.410 e. The summed E-state index contributed by atoms with van der Waals surface area (Å²) >= 11 is 0. The number of cyclic esters (lactones) is 2. The minimum Gasteiger partial charge on any atom is -0.490 e. The van der Waals surface area contributed by atoms with E-state index in [1.54, 1.807) is 16.9 Å². The topological polar surface area (TPSA) is 77.5 Å². The van der Waals surface area contributed by atoms with Crippen molar-refractivity contribution in [3.63, 3.8) is 0 Å². The molecule has 2 aliphatic rings. The molecular weight excluding hydrogens is 520 g/mol. The molecule has 0 spiro atoms. The zero-order valence-electron chi connectivity index (χ0n) is 24.2. The van der Waals surface area contributed by atoms with Crippen molar-refractivity contribution >= 4 is 12.2 Å². The lowest BCUT2D eigenvalue weighted by atomic mass is 9.78. The van der Waals surface area contributed by atoms with Crippen molar-refractivity contribution in [2.75, 3.05) is 33.4 Å². The zero-order valence-corrected chi connectivity index (χ0v) is 24.2. The monoisotopic (exact) mass is 558 g/mol. The highest BCUT2D eigenvalue weighted by molar-refractivity contribution is 5.70. The first-order valence-corrected chi connectivity index (χ1v) is 14.0. The number of carbonyl (C=O) groups excluding carboxylic acids is 2. The third-order valence-electron chi connectivity index (χ3n) is 7.78. The van der Waals surface area contributed by atoms with E-state index in [1.165, 1.54) is 16.7 Å². The zero-order chi connectivity index (χ0) is 29.0. The maximum Gasteiger partial charge on any atom is 0.410 e. The van der Waals surface area contributed by atoms with Crippen LogP contribution in [-0.2, 0) is 32.7 Å². The number of rotatable bonds is 11. The van der Waals surface area contributed by atoms with Crippen molar-refractivity contribution in [2.24, 2.45) is 0 Å². The molecule has 2 amide bonds. The normalized spacial score (nSPS) is 18.9. The number of benzene rings is 3. The van der Waals surface area contributed by atoms with E-state index in [0.717, 1.165) is 16.9 Å². The summed E-state index contributed by atoms with van der Waals surface area (Å²) in [5.41, 5.74) is 5.51. The Morgan fingerprint density at radius 3 is 1.83 bits per heavy atom. The molecule has 0 aliphatic carbocycles. The standard InChI is InChI=1S/C33H38N2O6/c1-23-8-10-26(11-9-23)33(2,3)27-12-14-28(15-13-27)39-22-30-20-35(32(37)41-30)18-25-7-5-6-24(16-25)17-34-19-29(21-38-4)40-31(34)36/h5-16,29-30H,17-22H2,1-4H3. The Balaban J connectivity index is 1.12. The van der Waals surface area contributed by atoms with Gasteiger partial charge in [0, 0.05) is 25.6 Å². The molecule has 216 valence electrons. The molecule has 0 radical (unpaired) electrons. The van der Waals surface area contributed by atoms with Gasteiger partial charge in [0.25, 0.3) is 0 Å². The lowest BCUT2D eigenvalue weighted by molar-refractivity contribution is 0.0714. The van der Waals surface area contributed by atoms with Gasteiger partial charge in [-0.15, -0.1) is 0 Å². The number of amides is 2. The Morgan fingerprint density at radius 1 is 0.780 bits per heavy atom. The second-order valence-electron chi connectivity index (χ2n) is 11.4. The summed E-state index contributed by atoms with van der Waals surface area (Å²) in [5.74, 6) is 0.740. The maximum atomic E-state index is 12.6. The highest BCUT2D eigenvalue weighted by Gasteiger charge is 2.33. The van der Waals surface area contributed by atoms with Gasteiger partial charge in [0.05, 0.1) is 19.7 Å². The average Bonchev–Trinajstić information content (AvgIpc) is 3.48. The molecule has 8 nitrogen and oxygen atoms in total. The van der Waals surface area contributed by atoms with E-state index in [9.17, 15) is 9.59 Å². The lowest BCUT2D eigenvalue weighted by Gasteiger charge is -2.26. The first-order valence-electron chi connectivity index (χ1n) is 14.0. The Labute approximate surface area is 241 Å². The van der Waals surface area contributed by atoms with Crippen molar-refractivity contribution in [3.8, 4) is 5.75 Å². The summed E-state index contributed by atoms with van der Waals surface area (Å²) in [6.07, 6.45) is -1.30. The molecule has 5 rings (SSSR count). The van der Waals surface area contributed by atoms with E-state index in [0.29, 0.717) is 32.8 Å². The molecule has 2 heterocycles. The highest BCUT2D eigenvalue weighted by Crippen LogP contribution is 2.32. The fraction of sp³-hybridized carbons (Fsp3) is 0.394. The molecule has 3 aromatic rings. The van der Waals surface area contributed by atoms with Crippen molar-refractivity contribution in [2.45, 2.75) is 51.5 Å². The van der Waals surface area contributed by atoms with Crippen LogP contribution >= 0.6 is 0 Å². The fourth-order valence-electron chi connectivity index (χ4n) is 5.33. The van der Waals surface area contributed by atoms with Gasteiger partial charge in [-0.25, -0.2) is 9.59 Å². The van der Waals surface area contributed by atoms with Crippen LogP contribution in [0.2, 0.25) is 0 Å². The van der Waals surface area contributed by atoms with Crippen LogP contribution in [0.5, 0.6) is 5.75 Å². The molecular formula is C33H38N2O6. The summed E-state index contributed by atoms with van der Waals surface area (Å²) in [7, 11) is 1.59. The second kappa shape index (κ2) is 12.2. The van der Waals surface area contributed by atoms with Gasteiger partial charge in [0.15, 0.2) is 6.10 Å². The summed E-state index contributed by atoms with van der Waals surface area (Å²) in [6.45, 7) is 8.98. The number of aryl methyl sites for hydroxylation is 1. The third kappa shape index (κ3) is 6.82. The van der Waals surface area contributed by atoms with Gasteiger partial charge in [-0.05, 0) is 41.3 Å². The number of methoxy groups -OCH3 is 1. The van der Waals surface area contributed by atoms with E-state index in [-0.39, 0.29) is 36.4 Å². The molecule has 41 heavy (non-hydrogen) atoms. The van der Waals surface area contributed by atoms with E-state index >= 15 is 0 Å². The number of nitrogens with zero attached hydrogens (tertiary/aromatic N) is 2. The SMILES string of the molecule is COCC1CN(Cc2cccc(CN3CC(COc4ccc(C(C)(C)c5ccc(C)cc5)cc4)OC3=O)c2)C(=O)O1. The molecule has 0 N–H and O–H groups in total. The lowest BCUT2D eigenvalue weighted by Crippen LogP contribution is -2.27. The number of carbonyl (C=O) groups is 2. The molecule has 0 bridgehead atoms. The molecule has 0 aromatic heterocycles. The molecule has 2 atom stereocenters. The average molecular weight is 559 g/mol. The van der Waals surface area contributed by atoms with Crippen LogP contribution in [0.4, 0.5) is 9.59 Å². The van der Waals surface area contributed by atoms with Crippen LogP contribution in [0.15, 0.2) is 72.8 Å². The Hall–Kier alpha value is -4.04. The third-order valence-corrected chi connectivity index (χ3v) is 7.78. The second-order valence-corrected chi connectivity index (χ2v) is 11.4. The van der Waals surface area contributed by atoms with E-state index in [2.05, 4.69) is 57.2 Å². The molecule has 2 unspecified atom stereocenters. The van der Waals surface area contributed by atoms with Crippen LogP contribution in [-0.4, -0.2) is 67.6 Å². The minimum absolute atomic E-state index is 0.130. The fourth-order valence-corrected chi connectivity index (χ4v) is 5.33. The first kappa shape index (κ1) is 28.5. The van der Waals surface area contributed by atoms with Gasteiger partial charge in [-0.2, -0.15) is 0 Å². The quantitative estimate of drug-likeness (QED) is 0.301. The summed E-state index contributed by atoms with van der Waals surface area (Å²) in [5, 5.41) is 0. The van der Waals surface area contributed by atoms with Gasteiger partial charge in [0.2, 0.25) is 0 Å².